The summed E-state index contributed by atoms with van der Waals surface area (Å²) in [5, 5.41) is 5.04. The highest BCUT2D eigenvalue weighted by atomic mass is 32.2. The minimum Gasteiger partial charge on any atom is -0.378 e. The molecule has 0 atom stereocenters. The number of amides is 1. The van der Waals surface area contributed by atoms with Gasteiger partial charge >= 0.3 is 0 Å². The first-order valence-corrected chi connectivity index (χ1v) is 15.0. The van der Waals surface area contributed by atoms with E-state index in [0.717, 1.165) is 45.5 Å². The van der Waals surface area contributed by atoms with Crippen molar-refractivity contribution < 1.29 is 17.9 Å². The van der Waals surface area contributed by atoms with Crippen LogP contribution < -0.4 is 15.0 Å². The Morgan fingerprint density at radius 2 is 1.80 bits per heavy atom. The van der Waals surface area contributed by atoms with Gasteiger partial charge in [-0.2, -0.15) is 5.10 Å². The molecule has 206 valence electrons. The van der Waals surface area contributed by atoms with Crippen molar-refractivity contribution in [2.75, 3.05) is 35.9 Å². The molecule has 40 heavy (non-hydrogen) atoms. The average molecular weight is 576 g/mol. The Balaban J connectivity index is 1.33. The van der Waals surface area contributed by atoms with E-state index in [9.17, 15) is 13.2 Å². The van der Waals surface area contributed by atoms with E-state index in [1.807, 2.05) is 56.3 Å². The molecule has 2 N–H and O–H groups in total. The fraction of sp³-hybridized carbons (Fsp3) is 0.207. The van der Waals surface area contributed by atoms with Crippen molar-refractivity contribution in [1.82, 2.24) is 10.4 Å². The van der Waals surface area contributed by atoms with E-state index < -0.39 is 15.9 Å². The summed E-state index contributed by atoms with van der Waals surface area (Å²) in [7, 11) is -3.90. The van der Waals surface area contributed by atoms with Crippen molar-refractivity contribution in [1.29, 1.82) is 0 Å². The molecule has 1 amide bonds. The minimum atomic E-state index is -3.90. The van der Waals surface area contributed by atoms with E-state index in [1.54, 1.807) is 18.3 Å². The van der Waals surface area contributed by atoms with Crippen LogP contribution in [0.5, 0.6) is 0 Å². The maximum absolute atomic E-state index is 13.0. The number of ether oxygens (including phenoxy) is 1. The summed E-state index contributed by atoms with van der Waals surface area (Å²) in [4.78, 5) is 20.7. The predicted octanol–water partition coefficient (Wildman–Crippen LogP) is 4.83. The molecule has 1 fully saturated rings. The molecule has 5 rings (SSSR count). The number of nitrogens with one attached hydrogen (secondary N) is 2. The fourth-order valence-electron chi connectivity index (χ4n) is 4.25. The Morgan fingerprint density at radius 1 is 1.02 bits per heavy atom. The normalized spacial score (nSPS) is 13.9. The first-order valence-electron chi connectivity index (χ1n) is 12.7. The van der Waals surface area contributed by atoms with Gasteiger partial charge in [0.15, 0.2) is 5.13 Å². The molecule has 0 aliphatic carbocycles. The average Bonchev–Trinajstić information content (AvgIpc) is 3.40. The lowest BCUT2D eigenvalue weighted by atomic mass is 10.1. The van der Waals surface area contributed by atoms with Crippen LogP contribution >= 0.6 is 11.3 Å². The molecule has 4 aromatic rings. The number of sulfonamides is 1. The highest BCUT2D eigenvalue weighted by Gasteiger charge is 2.20. The van der Waals surface area contributed by atoms with Crippen LogP contribution in [0, 0.1) is 13.8 Å². The maximum Gasteiger partial charge on any atom is 0.271 e. The van der Waals surface area contributed by atoms with Crippen molar-refractivity contribution in [3.63, 3.8) is 0 Å². The molecule has 9 nitrogen and oxygen atoms in total. The smallest absolute Gasteiger partial charge is 0.271 e. The molecule has 0 unspecified atom stereocenters. The quantitative estimate of drug-likeness (QED) is 0.230. The number of thiazole rings is 1. The van der Waals surface area contributed by atoms with Crippen molar-refractivity contribution in [2.24, 2.45) is 5.10 Å². The summed E-state index contributed by atoms with van der Waals surface area (Å²) in [6.07, 6.45) is 1.57. The van der Waals surface area contributed by atoms with Crippen molar-refractivity contribution in [3.8, 4) is 11.3 Å². The molecular formula is C29H29N5O4S2. The number of hydrogen-bond donors (Lipinski definition) is 2. The summed E-state index contributed by atoms with van der Waals surface area (Å²) in [6.45, 7) is 6.59. The van der Waals surface area contributed by atoms with Crippen LogP contribution in [0.1, 0.15) is 26.4 Å². The molecule has 0 saturated carbocycles. The zero-order valence-corrected chi connectivity index (χ0v) is 23.8. The Labute approximate surface area is 237 Å². The molecule has 0 bridgehead atoms. The number of morpholine rings is 1. The number of benzene rings is 3. The molecule has 1 aliphatic heterocycles. The number of carbonyl (C=O) groups is 1. The third-order valence-electron chi connectivity index (χ3n) is 6.35. The summed E-state index contributed by atoms with van der Waals surface area (Å²) in [6, 6.07) is 21.1. The largest absolute Gasteiger partial charge is 0.378 e. The van der Waals surface area contributed by atoms with Gasteiger partial charge in [0.05, 0.1) is 40.6 Å². The van der Waals surface area contributed by atoms with Gasteiger partial charge < -0.3 is 9.64 Å². The first kappa shape index (κ1) is 27.5. The summed E-state index contributed by atoms with van der Waals surface area (Å²) >= 11 is 1.49. The van der Waals surface area contributed by atoms with Crippen LogP contribution in [0.3, 0.4) is 0 Å². The second-order valence-corrected chi connectivity index (χ2v) is 12.0. The van der Waals surface area contributed by atoms with Crippen LogP contribution in [0.25, 0.3) is 11.3 Å². The van der Waals surface area contributed by atoms with Gasteiger partial charge in [-0.1, -0.05) is 65.4 Å². The van der Waals surface area contributed by atoms with Crippen LogP contribution in [-0.2, 0) is 14.8 Å². The SMILES string of the molecule is Cc1ccc(NS(=O)(=O)c2cccc(C(=O)N/N=C\c3sc(N4CCOCC4)nc3-c3ccccc3)c2)c(C)c1. The van der Waals surface area contributed by atoms with Gasteiger partial charge in [-0.25, -0.2) is 18.8 Å². The van der Waals surface area contributed by atoms with Gasteiger partial charge in [0.1, 0.15) is 0 Å². The van der Waals surface area contributed by atoms with Gasteiger partial charge in [0.25, 0.3) is 15.9 Å². The highest BCUT2D eigenvalue weighted by molar-refractivity contribution is 7.92. The van der Waals surface area contributed by atoms with E-state index in [1.165, 1.54) is 29.5 Å². The highest BCUT2D eigenvalue weighted by Crippen LogP contribution is 2.32. The first-order chi connectivity index (χ1) is 19.3. The van der Waals surface area contributed by atoms with Crippen molar-refractivity contribution in [2.45, 2.75) is 18.7 Å². The van der Waals surface area contributed by atoms with E-state index in [2.05, 4.69) is 20.1 Å². The van der Waals surface area contributed by atoms with Crippen molar-refractivity contribution >= 4 is 44.3 Å². The van der Waals surface area contributed by atoms with E-state index >= 15 is 0 Å². The Morgan fingerprint density at radius 3 is 2.55 bits per heavy atom. The predicted molar refractivity (Wildman–Crippen MR) is 159 cm³/mol. The minimum absolute atomic E-state index is 0.0203. The number of rotatable bonds is 8. The molecule has 11 heteroatoms. The molecule has 1 saturated heterocycles. The zero-order chi connectivity index (χ0) is 28.1. The topological polar surface area (TPSA) is 113 Å². The zero-order valence-electron chi connectivity index (χ0n) is 22.1. The lowest BCUT2D eigenvalue weighted by Gasteiger charge is -2.26. The third-order valence-corrected chi connectivity index (χ3v) is 8.77. The van der Waals surface area contributed by atoms with Crippen LogP contribution in [-0.4, -0.2) is 51.8 Å². The Bertz CT molecular complexity index is 1650. The Kier molecular flexibility index (Phi) is 8.24. The summed E-state index contributed by atoms with van der Waals surface area (Å²) in [5.74, 6) is -0.529. The lowest BCUT2D eigenvalue weighted by Crippen LogP contribution is -2.36. The van der Waals surface area contributed by atoms with Crippen molar-refractivity contribution in [3.05, 3.63) is 94.4 Å². The number of hydrogen-bond acceptors (Lipinski definition) is 8. The van der Waals surface area contributed by atoms with Crippen LogP contribution in [0.4, 0.5) is 10.8 Å². The third kappa shape index (κ3) is 6.39. The molecular weight excluding hydrogens is 546 g/mol. The van der Waals surface area contributed by atoms with Gasteiger partial charge in [-0.3, -0.25) is 9.52 Å². The number of nitrogens with zero attached hydrogens (tertiary/aromatic N) is 3. The van der Waals surface area contributed by atoms with Crippen LogP contribution in [0.2, 0.25) is 0 Å². The molecule has 1 aliphatic rings. The maximum atomic E-state index is 13.0. The molecule has 1 aromatic heterocycles. The summed E-state index contributed by atoms with van der Waals surface area (Å²) < 4.78 is 34.1. The van der Waals surface area contributed by atoms with Gasteiger partial charge in [0.2, 0.25) is 0 Å². The second-order valence-electron chi connectivity index (χ2n) is 9.33. The van der Waals surface area contributed by atoms with Gasteiger partial charge in [-0.05, 0) is 43.7 Å². The van der Waals surface area contributed by atoms with Gasteiger partial charge in [0, 0.05) is 24.2 Å². The molecule has 2 heterocycles. The molecule has 3 aromatic carbocycles. The van der Waals surface area contributed by atoms with Crippen LogP contribution in [0.15, 0.2) is 82.8 Å². The number of anilines is 2. The van der Waals surface area contributed by atoms with Gasteiger partial charge in [-0.15, -0.1) is 0 Å². The second kappa shape index (κ2) is 12.0. The monoisotopic (exact) mass is 575 g/mol. The number of carbonyl (C=O) groups excluding carboxylic acids is 1. The summed E-state index contributed by atoms with van der Waals surface area (Å²) in [5.41, 5.74) is 6.73. The molecule has 0 radical (unpaired) electrons. The molecule has 0 spiro atoms. The number of hydrazone groups is 1. The van der Waals surface area contributed by atoms with E-state index in [0.29, 0.717) is 18.9 Å². The Hall–Kier alpha value is -4.06. The number of aryl methyl sites for hydroxylation is 2. The lowest BCUT2D eigenvalue weighted by molar-refractivity contribution is 0.0955. The number of aromatic nitrogens is 1. The fourth-order valence-corrected chi connectivity index (χ4v) is 6.44. The van der Waals surface area contributed by atoms with E-state index in [4.69, 9.17) is 9.72 Å². The van der Waals surface area contributed by atoms with E-state index in [-0.39, 0.29) is 10.5 Å². The standard InChI is InChI=1S/C29H29N5O4S2/c1-20-11-12-25(21(2)17-20)33-40(36,37)24-10-6-9-23(18-24)28(35)32-30-19-26-27(22-7-4-3-5-8-22)31-29(39-26)34-13-15-38-16-14-34/h3-12,17-19,33H,13-16H2,1-2H3,(H,32,35)/b30-19-.